The molecule has 0 fully saturated rings. The Morgan fingerprint density at radius 3 is 2.68 bits per heavy atom. The third-order valence-corrected chi connectivity index (χ3v) is 6.88. The number of carbonyl (C=O) groups is 1. The highest BCUT2D eigenvalue weighted by molar-refractivity contribution is 8.26. The van der Waals surface area contributed by atoms with Gasteiger partial charge >= 0.3 is 0 Å². The molecule has 0 saturated heterocycles. The Hall–Kier alpha value is -2.35. The van der Waals surface area contributed by atoms with Crippen LogP contribution in [0, 0.1) is 19.3 Å². The fraction of sp³-hybridized carbons (Fsp3) is 0.273. The average Bonchev–Trinajstić information content (AvgIpc) is 3.26. The van der Waals surface area contributed by atoms with Crippen LogP contribution >= 0.6 is 35.0 Å². The average molecular weight is 474 g/mol. The highest BCUT2D eigenvalue weighted by Crippen LogP contribution is 2.32. The van der Waals surface area contributed by atoms with E-state index >= 15 is 0 Å². The summed E-state index contributed by atoms with van der Waals surface area (Å²) in [7, 11) is 0. The molecule has 2 aromatic rings. The van der Waals surface area contributed by atoms with Crippen molar-refractivity contribution in [2.24, 2.45) is 10.1 Å². The second-order valence-electron chi connectivity index (χ2n) is 7.38. The van der Waals surface area contributed by atoms with Crippen molar-refractivity contribution in [1.82, 2.24) is 9.58 Å². The molecule has 1 N–H and O–H groups in total. The van der Waals surface area contributed by atoms with Crippen molar-refractivity contribution < 1.29 is 4.79 Å². The third kappa shape index (κ3) is 4.10. The Morgan fingerprint density at radius 1 is 1.19 bits per heavy atom. The maximum absolute atomic E-state index is 12.7. The largest absolute Gasteiger partial charge is 0.318 e. The lowest BCUT2D eigenvalue weighted by Crippen LogP contribution is -2.35. The molecule has 160 valence electrons. The summed E-state index contributed by atoms with van der Waals surface area (Å²) in [6.45, 7) is 6.05. The quantitative estimate of drug-likeness (QED) is 0.524. The Labute approximate surface area is 195 Å². The standard InChI is InChI=1S/C22H21Cl2N5OS/c1-4-5-6-19-27-29-20(25)16(21(30)26-22(29)31-19)10-14-9-12(2)28(13(14)3)15-7-8-17(23)18(24)11-15/h7-11,25H,4-6H2,1-3H3/b16-10+,25-20?. The van der Waals surface area contributed by atoms with Gasteiger partial charge in [0, 0.05) is 17.1 Å². The highest BCUT2D eigenvalue weighted by atomic mass is 35.5. The first-order chi connectivity index (χ1) is 14.8. The van der Waals surface area contributed by atoms with Crippen molar-refractivity contribution in [2.75, 3.05) is 0 Å². The Bertz CT molecular complexity index is 1190. The zero-order chi connectivity index (χ0) is 22.3. The lowest BCUT2D eigenvalue weighted by Gasteiger charge is -2.20. The number of hydrogen-bond donors (Lipinski definition) is 1. The second kappa shape index (κ2) is 8.65. The SMILES string of the molecule is CCCCC1=NN2C(=N)/C(=C\c3cc(C)n(-c4ccc(Cl)c(Cl)c4)c3C)C(=O)N=C2S1. The first-order valence-electron chi connectivity index (χ1n) is 9.93. The molecule has 1 aromatic carbocycles. The van der Waals surface area contributed by atoms with E-state index in [2.05, 4.69) is 17.0 Å². The van der Waals surface area contributed by atoms with Crippen LogP contribution in [-0.4, -0.2) is 31.5 Å². The van der Waals surface area contributed by atoms with Crippen LogP contribution in [-0.2, 0) is 4.79 Å². The van der Waals surface area contributed by atoms with Crippen LogP contribution in [0.2, 0.25) is 10.0 Å². The van der Waals surface area contributed by atoms with Gasteiger partial charge in [0.1, 0.15) is 5.04 Å². The number of amidine groups is 2. The molecule has 1 aromatic heterocycles. The van der Waals surface area contributed by atoms with E-state index in [9.17, 15) is 4.79 Å². The summed E-state index contributed by atoms with van der Waals surface area (Å²) in [4.78, 5) is 16.9. The van der Waals surface area contributed by atoms with Gasteiger partial charge in [0.05, 0.1) is 15.6 Å². The maximum Gasteiger partial charge on any atom is 0.283 e. The molecular weight excluding hydrogens is 453 g/mol. The lowest BCUT2D eigenvalue weighted by atomic mass is 10.1. The monoisotopic (exact) mass is 473 g/mol. The number of aliphatic imine (C=N–C) groups is 1. The Kier molecular flexibility index (Phi) is 6.10. The topological polar surface area (TPSA) is 73.8 Å². The first kappa shape index (κ1) is 21.9. The number of carbonyl (C=O) groups excluding carboxylic acids is 1. The second-order valence-corrected chi connectivity index (χ2v) is 9.23. The van der Waals surface area contributed by atoms with Crippen LogP contribution in [0.15, 0.2) is 39.9 Å². The number of aromatic nitrogens is 1. The molecule has 0 atom stereocenters. The predicted molar refractivity (Wildman–Crippen MR) is 130 cm³/mol. The number of halogens is 2. The number of unbranched alkanes of at least 4 members (excludes halogenated alkanes) is 1. The number of hydrogen-bond acceptors (Lipinski definition) is 4. The highest BCUT2D eigenvalue weighted by Gasteiger charge is 2.35. The number of fused-ring (bicyclic) bond motifs is 1. The van der Waals surface area contributed by atoms with E-state index in [1.165, 1.54) is 16.8 Å². The summed E-state index contributed by atoms with van der Waals surface area (Å²) in [6.07, 6.45) is 4.60. The maximum atomic E-state index is 12.7. The number of amides is 1. The third-order valence-electron chi connectivity index (χ3n) is 5.17. The molecule has 0 bridgehead atoms. The van der Waals surface area contributed by atoms with Gasteiger partial charge in [-0.25, -0.2) is 0 Å². The van der Waals surface area contributed by atoms with Crippen LogP contribution in [0.1, 0.15) is 43.1 Å². The Balaban J connectivity index is 1.69. The van der Waals surface area contributed by atoms with Crippen molar-refractivity contribution in [1.29, 1.82) is 5.41 Å². The predicted octanol–water partition coefficient (Wildman–Crippen LogP) is 6.21. The van der Waals surface area contributed by atoms with Gasteiger partial charge in [-0.2, -0.15) is 15.1 Å². The molecule has 9 heteroatoms. The van der Waals surface area contributed by atoms with E-state index < -0.39 is 5.91 Å². The molecule has 0 saturated carbocycles. The van der Waals surface area contributed by atoms with E-state index in [-0.39, 0.29) is 11.4 Å². The van der Waals surface area contributed by atoms with Crippen molar-refractivity contribution in [3.8, 4) is 5.69 Å². The summed E-state index contributed by atoms with van der Waals surface area (Å²) < 4.78 is 2.03. The molecule has 0 aliphatic carbocycles. The van der Waals surface area contributed by atoms with Crippen LogP contribution in [0.5, 0.6) is 0 Å². The fourth-order valence-electron chi connectivity index (χ4n) is 3.57. The molecule has 2 aliphatic rings. The van der Waals surface area contributed by atoms with Crippen molar-refractivity contribution in [3.63, 3.8) is 0 Å². The molecule has 0 spiro atoms. The molecule has 0 radical (unpaired) electrons. The summed E-state index contributed by atoms with van der Waals surface area (Å²) in [5.41, 5.74) is 3.82. The van der Waals surface area contributed by atoms with E-state index in [0.29, 0.717) is 15.2 Å². The minimum Gasteiger partial charge on any atom is -0.318 e. The number of hydrazone groups is 1. The summed E-state index contributed by atoms with van der Waals surface area (Å²) in [5.74, 6) is -0.372. The molecule has 0 unspecified atom stereocenters. The number of aryl methyl sites for hydroxylation is 1. The number of benzene rings is 1. The summed E-state index contributed by atoms with van der Waals surface area (Å²) in [5, 5.41) is 16.8. The fourth-order valence-corrected chi connectivity index (χ4v) is 4.79. The zero-order valence-electron chi connectivity index (χ0n) is 17.4. The molecule has 6 nitrogen and oxygen atoms in total. The van der Waals surface area contributed by atoms with Gasteiger partial charge < -0.3 is 4.57 Å². The van der Waals surface area contributed by atoms with Crippen LogP contribution in [0.3, 0.4) is 0 Å². The van der Waals surface area contributed by atoms with Gasteiger partial charge in [-0.3, -0.25) is 10.2 Å². The van der Waals surface area contributed by atoms with Crippen molar-refractivity contribution in [2.45, 2.75) is 40.0 Å². The molecule has 31 heavy (non-hydrogen) atoms. The Morgan fingerprint density at radius 2 is 1.97 bits per heavy atom. The molecule has 3 heterocycles. The minimum absolute atomic E-state index is 0.0494. The zero-order valence-corrected chi connectivity index (χ0v) is 19.7. The van der Waals surface area contributed by atoms with Gasteiger partial charge in [0.25, 0.3) is 5.91 Å². The van der Waals surface area contributed by atoms with Crippen molar-refractivity contribution in [3.05, 3.63) is 56.8 Å². The summed E-state index contributed by atoms with van der Waals surface area (Å²) in [6, 6.07) is 7.42. The van der Waals surface area contributed by atoms with Gasteiger partial charge in [-0.05, 0) is 74.4 Å². The number of thioether (sulfide) groups is 1. The van der Waals surface area contributed by atoms with E-state index in [1.807, 2.05) is 30.5 Å². The number of nitrogens with zero attached hydrogens (tertiary/aromatic N) is 4. The molecule has 2 aliphatic heterocycles. The van der Waals surface area contributed by atoms with E-state index in [4.69, 9.17) is 28.6 Å². The van der Waals surface area contributed by atoms with Crippen LogP contribution in [0.25, 0.3) is 11.8 Å². The minimum atomic E-state index is -0.421. The number of rotatable bonds is 5. The summed E-state index contributed by atoms with van der Waals surface area (Å²) >= 11 is 13.6. The van der Waals surface area contributed by atoms with E-state index in [0.717, 1.165) is 46.9 Å². The number of nitrogens with one attached hydrogen (secondary N) is 1. The van der Waals surface area contributed by atoms with Crippen LogP contribution in [0.4, 0.5) is 0 Å². The molecule has 1 amide bonds. The van der Waals surface area contributed by atoms with Gasteiger partial charge in [0.15, 0.2) is 5.84 Å². The molecule has 4 rings (SSSR count). The van der Waals surface area contributed by atoms with E-state index in [1.54, 1.807) is 18.2 Å². The first-order valence-corrected chi connectivity index (χ1v) is 11.5. The lowest BCUT2D eigenvalue weighted by molar-refractivity contribution is -0.114. The van der Waals surface area contributed by atoms with Crippen LogP contribution < -0.4 is 0 Å². The molecular formula is C22H21Cl2N5OS. The smallest absolute Gasteiger partial charge is 0.283 e. The normalized spacial score (nSPS) is 17.3. The van der Waals surface area contributed by atoms with Gasteiger partial charge in [-0.15, -0.1) is 0 Å². The van der Waals surface area contributed by atoms with Gasteiger partial charge in [-0.1, -0.05) is 36.5 Å². The van der Waals surface area contributed by atoms with Gasteiger partial charge in [0.2, 0.25) is 5.17 Å². The van der Waals surface area contributed by atoms with Crippen molar-refractivity contribution >= 4 is 63.0 Å².